The average molecular weight is 320 g/mol. The number of hydrogen-bond donors (Lipinski definition) is 1. The van der Waals surface area contributed by atoms with Gasteiger partial charge in [0.1, 0.15) is 5.82 Å². The van der Waals surface area contributed by atoms with E-state index in [0.29, 0.717) is 12.2 Å². The van der Waals surface area contributed by atoms with E-state index in [1.807, 2.05) is 25.7 Å². The van der Waals surface area contributed by atoms with Crippen LogP contribution in [0.5, 0.6) is 0 Å². The number of amides is 1. The molecular formula is C14H20N6OS. The minimum absolute atomic E-state index is 0.220. The number of nitrogens with one attached hydrogen (secondary N) is 1. The van der Waals surface area contributed by atoms with Gasteiger partial charge in [0.15, 0.2) is 5.65 Å². The van der Waals surface area contributed by atoms with Gasteiger partial charge in [-0.15, -0.1) is 0 Å². The highest BCUT2D eigenvalue weighted by atomic mass is 32.2. The molecule has 0 spiro atoms. The highest BCUT2D eigenvalue weighted by Gasteiger charge is 2.21. The minimum Gasteiger partial charge on any atom is -0.354 e. The van der Waals surface area contributed by atoms with Gasteiger partial charge in [-0.2, -0.15) is 16.9 Å². The summed E-state index contributed by atoms with van der Waals surface area (Å²) in [6, 6.07) is 0. The van der Waals surface area contributed by atoms with Gasteiger partial charge in [-0.25, -0.2) is 9.97 Å². The number of carbonyl (C=O) groups excluding carboxylic acids is 1. The van der Waals surface area contributed by atoms with Crippen LogP contribution in [0.4, 0.5) is 5.82 Å². The number of aromatic nitrogens is 4. The van der Waals surface area contributed by atoms with E-state index in [2.05, 4.69) is 25.3 Å². The molecule has 0 bridgehead atoms. The van der Waals surface area contributed by atoms with Crippen molar-refractivity contribution >= 4 is 34.5 Å². The summed E-state index contributed by atoms with van der Waals surface area (Å²) in [5.74, 6) is 2.96. The van der Waals surface area contributed by atoms with Gasteiger partial charge < -0.3 is 10.2 Å². The first-order chi connectivity index (χ1) is 10.7. The number of aryl methyl sites for hydroxylation is 1. The van der Waals surface area contributed by atoms with Crippen molar-refractivity contribution in [3.8, 4) is 0 Å². The first kappa shape index (κ1) is 15.1. The SMILES string of the molecule is CCCNC(=O)c1nc(N2CCSCC2)c2cnn(C)c2n1. The summed E-state index contributed by atoms with van der Waals surface area (Å²) in [5.41, 5.74) is 0.699. The molecule has 1 aliphatic heterocycles. The van der Waals surface area contributed by atoms with E-state index in [0.717, 1.165) is 42.2 Å². The second-order valence-corrected chi connectivity index (χ2v) is 6.46. The Labute approximate surface area is 133 Å². The predicted molar refractivity (Wildman–Crippen MR) is 88.5 cm³/mol. The topological polar surface area (TPSA) is 75.9 Å². The Balaban J connectivity index is 2.02. The predicted octanol–water partition coefficient (Wildman–Crippen LogP) is 1.06. The lowest BCUT2D eigenvalue weighted by Crippen LogP contribution is -2.34. The fraction of sp³-hybridized carbons (Fsp3) is 0.571. The van der Waals surface area contributed by atoms with Crippen molar-refractivity contribution in [3.63, 3.8) is 0 Å². The maximum absolute atomic E-state index is 12.2. The van der Waals surface area contributed by atoms with Crippen LogP contribution in [0.3, 0.4) is 0 Å². The molecule has 8 heteroatoms. The minimum atomic E-state index is -0.224. The maximum Gasteiger partial charge on any atom is 0.289 e. The first-order valence-electron chi connectivity index (χ1n) is 7.51. The van der Waals surface area contributed by atoms with E-state index in [1.54, 1.807) is 10.9 Å². The molecule has 7 nitrogen and oxygen atoms in total. The normalized spacial score (nSPS) is 15.3. The fourth-order valence-electron chi connectivity index (χ4n) is 2.44. The van der Waals surface area contributed by atoms with Crippen molar-refractivity contribution in [1.82, 2.24) is 25.1 Å². The Hall–Kier alpha value is -1.83. The van der Waals surface area contributed by atoms with Gasteiger partial charge in [-0.1, -0.05) is 6.92 Å². The third kappa shape index (κ3) is 2.87. The van der Waals surface area contributed by atoms with Crippen LogP contribution >= 0.6 is 11.8 Å². The highest BCUT2D eigenvalue weighted by molar-refractivity contribution is 7.99. The van der Waals surface area contributed by atoms with E-state index in [4.69, 9.17) is 0 Å². The monoisotopic (exact) mass is 320 g/mol. The summed E-state index contributed by atoms with van der Waals surface area (Å²) in [4.78, 5) is 23.4. The highest BCUT2D eigenvalue weighted by Crippen LogP contribution is 2.25. The fourth-order valence-corrected chi connectivity index (χ4v) is 3.35. The van der Waals surface area contributed by atoms with E-state index >= 15 is 0 Å². The standard InChI is InChI=1S/C14H20N6OS/c1-3-4-15-14(21)11-17-12-10(9-16-19(12)2)13(18-11)20-5-7-22-8-6-20/h9H,3-8H2,1-2H3,(H,15,21). The lowest BCUT2D eigenvalue weighted by Gasteiger charge is -2.27. The molecular weight excluding hydrogens is 300 g/mol. The quantitative estimate of drug-likeness (QED) is 0.908. The van der Waals surface area contributed by atoms with Crippen LogP contribution in [0.1, 0.15) is 24.0 Å². The maximum atomic E-state index is 12.2. The van der Waals surface area contributed by atoms with Crippen molar-refractivity contribution in [2.45, 2.75) is 13.3 Å². The van der Waals surface area contributed by atoms with Crippen LogP contribution in [0, 0.1) is 0 Å². The molecule has 2 aromatic heterocycles. The molecule has 1 N–H and O–H groups in total. The van der Waals surface area contributed by atoms with Crippen LogP contribution in [0.2, 0.25) is 0 Å². The second-order valence-electron chi connectivity index (χ2n) is 5.23. The van der Waals surface area contributed by atoms with Gasteiger partial charge >= 0.3 is 0 Å². The van der Waals surface area contributed by atoms with Gasteiger partial charge in [0.2, 0.25) is 5.82 Å². The molecule has 0 aromatic carbocycles. The van der Waals surface area contributed by atoms with Gasteiger partial charge in [-0.3, -0.25) is 9.48 Å². The average Bonchev–Trinajstić information content (AvgIpc) is 2.94. The Morgan fingerprint density at radius 3 is 2.86 bits per heavy atom. The number of nitrogens with zero attached hydrogens (tertiary/aromatic N) is 5. The van der Waals surface area contributed by atoms with Crippen LogP contribution in [-0.2, 0) is 7.05 Å². The van der Waals surface area contributed by atoms with Gasteiger partial charge in [-0.05, 0) is 6.42 Å². The van der Waals surface area contributed by atoms with Crippen LogP contribution in [0.15, 0.2) is 6.20 Å². The van der Waals surface area contributed by atoms with Crippen molar-refractivity contribution in [2.75, 3.05) is 36.0 Å². The molecule has 1 saturated heterocycles. The molecule has 2 aromatic rings. The van der Waals surface area contributed by atoms with Crippen molar-refractivity contribution < 1.29 is 4.79 Å². The van der Waals surface area contributed by atoms with Gasteiger partial charge in [0, 0.05) is 38.2 Å². The lowest BCUT2D eigenvalue weighted by molar-refractivity contribution is 0.0943. The van der Waals surface area contributed by atoms with Crippen LogP contribution in [-0.4, -0.2) is 56.8 Å². The third-order valence-electron chi connectivity index (χ3n) is 3.62. The van der Waals surface area contributed by atoms with E-state index in [9.17, 15) is 4.79 Å². The number of rotatable bonds is 4. The molecule has 0 atom stereocenters. The lowest BCUT2D eigenvalue weighted by atomic mass is 10.3. The Morgan fingerprint density at radius 1 is 1.36 bits per heavy atom. The number of anilines is 1. The van der Waals surface area contributed by atoms with E-state index in [1.165, 1.54) is 0 Å². The zero-order chi connectivity index (χ0) is 15.5. The summed E-state index contributed by atoms with van der Waals surface area (Å²) in [5, 5.41) is 8.01. The van der Waals surface area contributed by atoms with Gasteiger partial charge in [0.05, 0.1) is 11.6 Å². The molecule has 1 fully saturated rings. The molecule has 0 aliphatic carbocycles. The summed E-state index contributed by atoms with van der Waals surface area (Å²) >= 11 is 1.94. The summed E-state index contributed by atoms with van der Waals surface area (Å²) in [6.45, 7) is 4.51. The van der Waals surface area contributed by atoms with Crippen molar-refractivity contribution in [3.05, 3.63) is 12.0 Å². The smallest absolute Gasteiger partial charge is 0.289 e. The summed E-state index contributed by atoms with van der Waals surface area (Å²) in [7, 11) is 1.83. The molecule has 3 rings (SSSR count). The third-order valence-corrected chi connectivity index (χ3v) is 4.56. The molecule has 0 radical (unpaired) electrons. The number of carbonyl (C=O) groups is 1. The van der Waals surface area contributed by atoms with E-state index in [-0.39, 0.29) is 11.7 Å². The molecule has 118 valence electrons. The van der Waals surface area contributed by atoms with Crippen molar-refractivity contribution in [2.24, 2.45) is 7.05 Å². The molecule has 3 heterocycles. The zero-order valence-electron chi connectivity index (χ0n) is 12.9. The molecule has 0 saturated carbocycles. The second kappa shape index (κ2) is 6.51. The van der Waals surface area contributed by atoms with Crippen LogP contribution in [0.25, 0.3) is 11.0 Å². The van der Waals surface area contributed by atoms with Crippen molar-refractivity contribution in [1.29, 1.82) is 0 Å². The summed E-state index contributed by atoms with van der Waals surface area (Å²) in [6.07, 6.45) is 2.66. The number of hydrogen-bond acceptors (Lipinski definition) is 6. The zero-order valence-corrected chi connectivity index (χ0v) is 13.7. The number of thioether (sulfide) groups is 1. The Kier molecular flexibility index (Phi) is 4.47. The molecule has 22 heavy (non-hydrogen) atoms. The largest absolute Gasteiger partial charge is 0.354 e. The molecule has 0 unspecified atom stereocenters. The Bertz CT molecular complexity index is 679. The molecule has 1 aliphatic rings. The van der Waals surface area contributed by atoms with Gasteiger partial charge in [0.25, 0.3) is 5.91 Å². The Morgan fingerprint density at radius 2 is 2.14 bits per heavy atom. The van der Waals surface area contributed by atoms with E-state index < -0.39 is 0 Å². The number of fused-ring (bicyclic) bond motifs is 1. The molecule has 1 amide bonds. The first-order valence-corrected chi connectivity index (χ1v) is 8.67. The summed E-state index contributed by atoms with van der Waals surface area (Å²) < 4.78 is 1.69. The van der Waals surface area contributed by atoms with Crippen LogP contribution < -0.4 is 10.2 Å².